The Morgan fingerprint density at radius 3 is 2.65 bits per heavy atom. The molecule has 0 atom stereocenters. The van der Waals surface area contributed by atoms with Gasteiger partial charge in [-0.05, 0) is 42.4 Å². The molecule has 1 aromatic heterocycles. The van der Waals surface area contributed by atoms with Crippen LogP contribution in [-0.2, 0) is 4.74 Å². The van der Waals surface area contributed by atoms with Crippen molar-refractivity contribution in [3.63, 3.8) is 0 Å². The summed E-state index contributed by atoms with van der Waals surface area (Å²) in [6, 6.07) is 10.1. The Kier molecular flexibility index (Phi) is 3.74. The smallest absolute Gasteiger partial charge is 0.250 e. The number of piperazine rings is 1. The van der Waals surface area contributed by atoms with Crippen LogP contribution in [0.3, 0.4) is 0 Å². The zero-order valence-electron chi connectivity index (χ0n) is 13.4. The normalized spacial score (nSPS) is 21.7. The lowest BCUT2D eigenvalue weighted by atomic mass is 9.86. The molecule has 2 aromatic rings. The first-order chi connectivity index (χ1) is 11.3. The van der Waals surface area contributed by atoms with Crippen LogP contribution in [0.25, 0.3) is 5.69 Å². The SMILES string of the molecule is CN1CCN(c2nnnn2-c2ccccc2)CC12CCOCC2. The van der Waals surface area contributed by atoms with Gasteiger partial charge in [0.1, 0.15) is 0 Å². The van der Waals surface area contributed by atoms with E-state index in [-0.39, 0.29) is 5.54 Å². The molecule has 2 saturated heterocycles. The molecule has 7 nitrogen and oxygen atoms in total. The van der Waals surface area contributed by atoms with Gasteiger partial charge in [0.2, 0.25) is 5.95 Å². The Bertz CT molecular complexity index is 652. The number of rotatable bonds is 2. The molecule has 3 heterocycles. The lowest BCUT2D eigenvalue weighted by Gasteiger charge is -2.51. The second-order valence-corrected chi connectivity index (χ2v) is 6.41. The fraction of sp³-hybridized carbons (Fsp3) is 0.562. The van der Waals surface area contributed by atoms with Crippen molar-refractivity contribution in [3.05, 3.63) is 30.3 Å². The summed E-state index contributed by atoms with van der Waals surface area (Å²) in [5.74, 6) is 0.829. The van der Waals surface area contributed by atoms with E-state index in [2.05, 4.69) is 32.4 Å². The maximum atomic E-state index is 5.57. The van der Waals surface area contributed by atoms with Gasteiger partial charge in [-0.15, -0.1) is 0 Å². The number of ether oxygens (including phenoxy) is 1. The van der Waals surface area contributed by atoms with Gasteiger partial charge in [0.05, 0.1) is 5.69 Å². The third kappa shape index (κ3) is 2.60. The Hall–Kier alpha value is -1.99. The maximum Gasteiger partial charge on any atom is 0.250 e. The minimum Gasteiger partial charge on any atom is -0.381 e. The summed E-state index contributed by atoms with van der Waals surface area (Å²) in [4.78, 5) is 4.81. The molecule has 0 N–H and O–H groups in total. The summed E-state index contributed by atoms with van der Waals surface area (Å²) in [7, 11) is 2.23. The van der Waals surface area contributed by atoms with Gasteiger partial charge in [0.25, 0.3) is 0 Å². The van der Waals surface area contributed by atoms with E-state index in [9.17, 15) is 0 Å². The molecule has 0 radical (unpaired) electrons. The van der Waals surface area contributed by atoms with Crippen LogP contribution in [-0.4, -0.2) is 70.5 Å². The molecule has 0 unspecified atom stereocenters. The summed E-state index contributed by atoms with van der Waals surface area (Å²) in [5, 5.41) is 12.4. The average Bonchev–Trinajstić information content (AvgIpc) is 3.09. The van der Waals surface area contributed by atoms with Gasteiger partial charge in [0.15, 0.2) is 0 Å². The number of hydrogen-bond acceptors (Lipinski definition) is 6. The molecule has 7 heteroatoms. The average molecular weight is 314 g/mol. The monoisotopic (exact) mass is 314 g/mol. The van der Waals surface area contributed by atoms with E-state index < -0.39 is 0 Å². The number of anilines is 1. The predicted molar refractivity (Wildman–Crippen MR) is 86.8 cm³/mol. The van der Waals surface area contributed by atoms with E-state index in [1.807, 2.05) is 35.0 Å². The lowest BCUT2D eigenvalue weighted by Crippen LogP contribution is -2.63. The van der Waals surface area contributed by atoms with Crippen molar-refractivity contribution >= 4 is 5.95 Å². The van der Waals surface area contributed by atoms with Crippen molar-refractivity contribution in [3.8, 4) is 5.69 Å². The van der Waals surface area contributed by atoms with Crippen LogP contribution in [0.5, 0.6) is 0 Å². The molecule has 2 aliphatic rings. The molecule has 0 saturated carbocycles. The zero-order valence-corrected chi connectivity index (χ0v) is 13.4. The van der Waals surface area contributed by atoms with Crippen molar-refractivity contribution in [1.29, 1.82) is 0 Å². The Balaban J connectivity index is 1.63. The van der Waals surface area contributed by atoms with Crippen LogP contribution in [0.15, 0.2) is 30.3 Å². The van der Waals surface area contributed by atoms with Crippen molar-refractivity contribution in [2.75, 3.05) is 44.8 Å². The minimum absolute atomic E-state index is 0.171. The van der Waals surface area contributed by atoms with Crippen molar-refractivity contribution < 1.29 is 4.74 Å². The summed E-state index contributed by atoms with van der Waals surface area (Å²) in [6.07, 6.45) is 2.12. The van der Waals surface area contributed by atoms with Crippen LogP contribution >= 0.6 is 0 Å². The molecule has 2 aliphatic heterocycles. The van der Waals surface area contributed by atoms with E-state index in [0.717, 1.165) is 57.3 Å². The fourth-order valence-electron chi connectivity index (χ4n) is 3.64. The largest absolute Gasteiger partial charge is 0.381 e. The van der Waals surface area contributed by atoms with E-state index in [4.69, 9.17) is 4.74 Å². The Morgan fingerprint density at radius 1 is 1.09 bits per heavy atom. The molecule has 0 aliphatic carbocycles. The predicted octanol–water partition coefficient (Wildman–Crippen LogP) is 0.963. The minimum atomic E-state index is 0.171. The molecule has 2 fully saturated rings. The molecule has 4 rings (SSSR count). The number of para-hydroxylation sites is 1. The third-order valence-corrected chi connectivity index (χ3v) is 5.16. The first-order valence-corrected chi connectivity index (χ1v) is 8.16. The van der Waals surface area contributed by atoms with Crippen LogP contribution in [0.2, 0.25) is 0 Å². The summed E-state index contributed by atoms with van der Waals surface area (Å²) < 4.78 is 7.41. The highest BCUT2D eigenvalue weighted by Crippen LogP contribution is 2.32. The van der Waals surface area contributed by atoms with E-state index in [0.29, 0.717) is 0 Å². The summed E-state index contributed by atoms with van der Waals surface area (Å²) in [6.45, 7) is 4.57. The Morgan fingerprint density at radius 2 is 1.87 bits per heavy atom. The highest BCUT2D eigenvalue weighted by molar-refractivity contribution is 5.41. The van der Waals surface area contributed by atoms with Crippen LogP contribution in [0, 0.1) is 0 Å². The Labute approximate surface area is 135 Å². The molecule has 0 amide bonds. The standard InChI is InChI=1S/C16H22N6O/c1-20-9-10-21(13-16(20)7-11-23-12-8-16)15-17-18-19-22(15)14-5-3-2-4-6-14/h2-6H,7-13H2,1H3. The van der Waals surface area contributed by atoms with E-state index in [1.54, 1.807) is 0 Å². The summed E-state index contributed by atoms with van der Waals surface area (Å²) >= 11 is 0. The van der Waals surface area contributed by atoms with E-state index in [1.165, 1.54) is 0 Å². The van der Waals surface area contributed by atoms with Crippen molar-refractivity contribution in [2.45, 2.75) is 18.4 Å². The first-order valence-electron chi connectivity index (χ1n) is 8.16. The molecular weight excluding hydrogens is 292 g/mol. The van der Waals surface area contributed by atoms with Crippen LogP contribution in [0.4, 0.5) is 5.95 Å². The quantitative estimate of drug-likeness (QED) is 0.823. The van der Waals surface area contributed by atoms with Gasteiger partial charge < -0.3 is 9.64 Å². The molecule has 0 bridgehead atoms. The third-order valence-electron chi connectivity index (χ3n) is 5.16. The zero-order chi connectivity index (χ0) is 15.7. The molecule has 122 valence electrons. The van der Waals surface area contributed by atoms with Gasteiger partial charge in [-0.1, -0.05) is 23.3 Å². The van der Waals surface area contributed by atoms with Gasteiger partial charge in [-0.25, -0.2) is 0 Å². The van der Waals surface area contributed by atoms with Crippen molar-refractivity contribution in [2.24, 2.45) is 0 Å². The highest BCUT2D eigenvalue weighted by Gasteiger charge is 2.42. The van der Waals surface area contributed by atoms with E-state index >= 15 is 0 Å². The molecule has 1 aromatic carbocycles. The number of benzene rings is 1. The van der Waals surface area contributed by atoms with Gasteiger partial charge in [0, 0.05) is 38.4 Å². The van der Waals surface area contributed by atoms with Gasteiger partial charge in [-0.3, -0.25) is 4.90 Å². The first kappa shape index (κ1) is 14.6. The number of likely N-dealkylation sites (N-methyl/N-ethyl adjacent to an activating group) is 1. The maximum absolute atomic E-state index is 5.57. The van der Waals surface area contributed by atoms with Gasteiger partial charge >= 0.3 is 0 Å². The van der Waals surface area contributed by atoms with Gasteiger partial charge in [-0.2, -0.15) is 4.68 Å². The number of nitrogens with zero attached hydrogens (tertiary/aromatic N) is 6. The topological polar surface area (TPSA) is 59.3 Å². The van der Waals surface area contributed by atoms with Crippen LogP contribution in [0.1, 0.15) is 12.8 Å². The molecule has 1 spiro atoms. The fourth-order valence-corrected chi connectivity index (χ4v) is 3.64. The molecule has 23 heavy (non-hydrogen) atoms. The number of aromatic nitrogens is 4. The summed E-state index contributed by atoms with van der Waals surface area (Å²) in [5.41, 5.74) is 1.16. The number of hydrogen-bond donors (Lipinski definition) is 0. The number of tetrazole rings is 1. The lowest BCUT2D eigenvalue weighted by molar-refractivity contribution is -0.0223. The second kappa shape index (κ2) is 5.90. The molecular formula is C16H22N6O. The van der Waals surface area contributed by atoms with Crippen molar-refractivity contribution in [1.82, 2.24) is 25.1 Å². The second-order valence-electron chi connectivity index (χ2n) is 6.41. The van der Waals surface area contributed by atoms with Crippen LogP contribution < -0.4 is 4.90 Å². The highest BCUT2D eigenvalue weighted by atomic mass is 16.5.